The zero-order valence-electron chi connectivity index (χ0n) is 21.9. The lowest BCUT2D eigenvalue weighted by molar-refractivity contribution is -0.123. The predicted molar refractivity (Wildman–Crippen MR) is 146 cm³/mol. The highest BCUT2D eigenvalue weighted by atomic mass is 16.5. The first-order chi connectivity index (χ1) is 17.8. The second kappa shape index (κ2) is 10.3. The SMILES string of the molecule is CCN1CCCC(n2nc(-c3ccc(Oc4ccccc4)cc3)c3c(NC(=O)C(C)(C)C)ncnc32)C1. The number of nitrogens with zero attached hydrogens (tertiary/aromatic N) is 5. The van der Waals surface area contributed by atoms with Crippen LogP contribution < -0.4 is 10.1 Å². The zero-order chi connectivity index (χ0) is 26.0. The molecule has 1 amide bonds. The standard InChI is InChI=1S/C29H34N6O2/c1-5-34-17-9-10-21(18-34)35-27-24(26(30-19-31-27)32-28(36)29(2,3)4)25(33-35)20-13-15-23(16-14-20)37-22-11-7-6-8-12-22/h6-8,11-16,19,21H,5,9-10,17-18H2,1-4H3,(H,30,31,32,36). The van der Waals surface area contributed by atoms with Crippen molar-refractivity contribution in [2.45, 2.75) is 46.6 Å². The second-order valence-electron chi connectivity index (χ2n) is 10.5. The molecule has 1 fully saturated rings. The van der Waals surface area contributed by atoms with Crippen molar-refractivity contribution < 1.29 is 9.53 Å². The summed E-state index contributed by atoms with van der Waals surface area (Å²) >= 11 is 0. The summed E-state index contributed by atoms with van der Waals surface area (Å²) in [7, 11) is 0. The average Bonchev–Trinajstić information content (AvgIpc) is 3.30. The van der Waals surface area contributed by atoms with Gasteiger partial charge in [-0.2, -0.15) is 5.10 Å². The third-order valence-corrected chi connectivity index (χ3v) is 6.78. The molecule has 8 heteroatoms. The first kappa shape index (κ1) is 24.9. The van der Waals surface area contributed by atoms with Crippen molar-refractivity contribution in [2.24, 2.45) is 5.41 Å². The lowest BCUT2D eigenvalue weighted by atomic mass is 9.95. The Hall–Kier alpha value is -3.78. The Bertz CT molecular complexity index is 1380. The van der Waals surface area contributed by atoms with Crippen molar-refractivity contribution in [3.8, 4) is 22.8 Å². The predicted octanol–water partition coefficient (Wildman–Crippen LogP) is 5.93. The van der Waals surface area contributed by atoms with Gasteiger partial charge in [-0.05, 0) is 62.3 Å². The summed E-state index contributed by atoms with van der Waals surface area (Å²) in [5.74, 6) is 1.90. The van der Waals surface area contributed by atoms with Gasteiger partial charge in [0.2, 0.25) is 5.91 Å². The van der Waals surface area contributed by atoms with Gasteiger partial charge >= 0.3 is 0 Å². The molecule has 0 bridgehead atoms. The Balaban J connectivity index is 1.57. The van der Waals surface area contributed by atoms with Crippen molar-refractivity contribution in [1.29, 1.82) is 0 Å². The van der Waals surface area contributed by atoms with E-state index in [1.807, 2.05) is 80.1 Å². The molecule has 8 nitrogen and oxygen atoms in total. The number of hydrogen-bond acceptors (Lipinski definition) is 6. The van der Waals surface area contributed by atoms with Crippen LogP contribution in [0.15, 0.2) is 60.9 Å². The van der Waals surface area contributed by atoms with Gasteiger partial charge in [-0.1, -0.05) is 45.9 Å². The van der Waals surface area contributed by atoms with Crippen LogP contribution in [0.4, 0.5) is 5.82 Å². The van der Waals surface area contributed by atoms with Crippen molar-refractivity contribution in [3.05, 3.63) is 60.9 Å². The molecule has 2 aromatic carbocycles. The fraction of sp³-hybridized carbons (Fsp3) is 0.379. The van der Waals surface area contributed by atoms with Crippen molar-refractivity contribution in [1.82, 2.24) is 24.6 Å². The number of nitrogens with one attached hydrogen (secondary N) is 1. The molecule has 0 radical (unpaired) electrons. The Kier molecular flexibility index (Phi) is 6.93. The first-order valence-corrected chi connectivity index (χ1v) is 12.9. The van der Waals surface area contributed by atoms with Crippen LogP contribution in [0.2, 0.25) is 0 Å². The lowest BCUT2D eigenvalue weighted by Gasteiger charge is -2.32. The van der Waals surface area contributed by atoms with E-state index >= 15 is 0 Å². The van der Waals surface area contributed by atoms with E-state index in [9.17, 15) is 4.79 Å². The highest BCUT2D eigenvalue weighted by Gasteiger charge is 2.28. The maximum Gasteiger partial charge on any atom is 0.230 e. The van der Waals surface area contributed by atoms with Crippen LogP contribution >= 0.6 is 0 Å². The number of likely N-dealkylation sites (N-methyl/N-ethyl adjacent to an activating group) is 1. The number of likely N-dealkylation sites (tertiary alicyclic amines) is 1. The smallest absolute Gasteiger partial charge is 0.230 e. The molecule has 0 spiro atoms. The summed E-state index contributed by atoms with van der Waals surface area (Å²) in [6, 6.07) is 17.8. The molecular formula is C29H34N6O2. The van der Waals surface area contributed by atoms with Crippen LogP contribution in [0, 0.1) is 5.41 Å². The molecule has 1 atom stereocenters. The normalized spacial score (nSPS) is 16.6. The van der Waals surface area contributed by atoms with Crippen LogP contribution in [-0.4, -0.2) is 50.2 Å². The maximum absolute atomic E-state index is 12.9. The van der Waals surface area contributed by atoms with Gasteiger partial charge in [0.25, 0.3) is 0 Å². The minimum atomic E-state index is -0.561. The van der Waals surface area contributed by atoms with E-state index in [1.54, 1.807) is 0 Å². The highest BCUT2D eigenvalue weighted by molar-refractivity contribution is 6.05. The zero-order valence-corrected chi connectivity index (χ0v) is 21.9. The summed E-state index contributed by atoms with van der Waals surface area (Å²) in [5.41, 5.74) is 1.84. The third kappa shape index (κ3) is 5.34. The summed E-state index contributed by atoms with van der Waals surface area (Å²) in [6.45, 7) is 10.9. The van der Waals surface area contributed by atoms with E-state index in [0.717, 1.165) is 66.3 Å². The van der Waals surface area contributed by atoms with Crippen molar-refractivity contribution in [3.63, 3.8) is 0 Å². The van der Waals surface area contributed by atoms with Crippen LogP contribution in [0.1, 0.15) is 46.6 Å². The molecule has 1 N–H and O–H groups in total. The number of benzene rings is 2. The van der Waals surface area contributed by atoms with Crippen molar-refractivity contribution in [2.75, 3.05) is 25.0 Å². The van der Waals surface area contributed by atoms with E-state index in [4.69, 9.17) is 9.84 Å². The first-order valence-electron chi connectivity index (χ1n) is 12.9. The number of carbonyl (C=O) groups is 1. The number of piperidine rings is 1. The van der Waals surface area contributed by atoms with Gasteiger partial charge in [-0.25, -0.2) is 14.6 Å². The van der Waals surface area contributed by atoms with Crippen molar-refractivity contribution >= 4 is 22.8 Å². The van der Waals surface area contributed by atoms with Gasteiger partial charge in [-0.3, -0.25) is 4.79 Å². The van der Waals surface area contributed by atoms with E-state index in [-0.39, 0.29) is 11.9 Å². The average molecular weight is 499 g/mol. The van der Waals surface area contributed by atoms with Crippen LogP contribution in [0.25, 0.3) is 22.3 Å². The lowest BCUT2D eigenvalue weighted by Crippen LogP contribution is -2.36. The van der Waals surface area contributed by atoms with E-state index in [0.29, 0.717) is 5.82 Å². The molecule has 1 aliphatic rings. The third-order valence-electron chi connectivity index (χ3n) is 6.78. The number of ether oxygens (including phenoxy) is 1. The number of fused-ring (bicyclic) bond motifs is 1. The number of aromatic nitrogens is 4. The topological polar surface area (TPSA) is 85.2 Å². The second-order valence-corrected chi connectivity index (χ2v) is 10.5. The number of hydrogen-bond donors (Lipinski definition) is 1. The summed E-state index contributed by atoms with van der Waals surface area (Å²) < 4.78 is 8.02. The fourth-order valence-corrected chi connectivity index (χ4v) is 4.64. The molecule has 1 saturated heterocycles. The van der Waals surface area contributed by atoms with Gasteiger partial charge in [0.05, 0.1) is 11.4 Å². The van der Waals surface area contributed by atoms with Gasteiger partial charge in [0.1, 0.15) is 29.3 Å². The fourth-order valence-electron chi connectivity index (χ4n) is 4.64. The number of carbonyl (C=O) groups excluding carboxylic acids is 1. The Morgan fingerprint density at radius 3 is 2.49 bits per heavy atom. The van der Waals surface area contributed by atoms with Gasteiger partial charge in [0.15, 0.2) is 5.65 Å². The molecule has 5 rings (SSSR count). The number of anilines is 1. The van der Waals surface area contributed by atoms with E-state index in [1.165, 1.54) is 6.33 Å². The van der Waals surface area contributed by atoms with Gasteiger partial charge in [-0.15, -0.1) is 0 Å². The molecule has 37 heavy (non-hydrogen) atoms. The number of amides is 1. The molecule has 1 aliphatic heterocycles. The molecule has 0 aliphatic carbocycles. The molecule has 2 aromatic heterocycles. The molecule has 4 aromatic rings. The quantitative estimate of drug-likeness (QED) is 0.355. The minimum absolute atomic E-state index is 0.104. The monoisotopic (exact) mass is 498 g/mol. The van der Waals surface area contributed by atoms with Crippen LogP contribution in [0.3, 0.4) is 0 Å². The molecule has 0 saturated carbocycles. The summed E-state index contributed by atoms with van der Waals surface area (Å²) in [4.78, 5) is 24.5. The Morgan fingerprint density at radius 1 is 1.05 bits per heavy atom. The van der Waals surface area contributed by atoms with E-state index < -0.39 is 5.41 Å². The number of para-hydroxylation sites is 1. The van der Waals surface area contributed by atoms with Gasteiger partial charge in [0, 0.05) is 17.5 Å². The maximum atomic E-state index is 12.9. The molecular weight excluding hydrogens is 464 g/mol. The molecule has 192 valence electrons. The Morgan fingerprint density at radius 2 is 1.78 bits per heavy atom. The number of rotatable bonds is 6. The largest absolute Gasteiger partial charge is 0.457 e. The summed E-state index contributed by atoms with van der Waals surface area (Å²) in [5, 5.41) is 8.88. The Labute approximate surface area is 217 Å². The van der Waals surface area contributed by atoms with Crippen LogP contribution in [-0.2, 0) is 4.79 Å². The molecule has 3 heterocycles. The highest BCUT2D eigenvalue weighted by Crippen LogP contribution is 2.36. The minimum Gasteiger partial charge on any atom is -0.457 e. The van der Waals surface area contributed by atoms with Gasteiger partial charge < -0.3 is 15.0 Å². The van der Waals surface area contributed by atoms with E-state index in [2.05, 4.69) is 27.1 Å². The molecule has 1 unspecified atom stereocenters. The summed E-state index contributed by atoms with van der Waals surface area (Å²) in [6.07, 6.45) is 3.66. The van der Waals surface area contributed by atoms with Crippen LogP contribution in [0.5, 0.6) is 11.5 Å².